The van der Waals surface area contributed by atoms with Crippen molar-refractivity contribution < 1.29 is 14.3 Å². The van der Waals surface area contributed by atoms with Gasteiger partial charge in [0.15, 0.2) is 0 Å². The Labute approximate surface area is 139 Å². The largest absolute Gasteiger partial charge is 0.495 e. The van der Waals surface area contributed by atoms with Gasteiger partial charge in [0.2, 0.25) is 0 Å². The Bertz CT molecular complexity index is 720. The molecule has 0 unspecified atom stereocenters. The fourth-order valence-electron chi connectivity index (χ4n) is 1.95. The zero-order valence-corrected chi connectivity index (χ0v) is 14.1. The van der Waals surface area contributed by atoms with E-state index in [0.717, 1.165) is 0 Å². The Kier molecular flexibility index (Phi) is 5.39. The highest BCUT2D eigenvalue weighted by Gasteiger charge is 2.13. The Morgan fingerprint density at radius 1 is 1.22 bits per heavy atom. The molecule has 0 aliphatic rings. The molecule has 0 atom stereocenters. The maximum Gasteiger partial charge on any atom is 0.337 e. The smallest absolute Gasteiger partial charge is 0.337 e. The molecule has 23 heavy (non-hydrogen) atoms. The SMILES string of the molecule is COC(=O)c1ccc(OC)c(Nc2cc(Cl)nc(C(C)C)n2)c1. The number of esters is 1. The van der Waals surface area contributed by atoms with Crippen molar-refractivity contribution in [2.75, 3.05) is 19.5 Å². The second-order valence-corrected chi connectivity index (χ2v) is 5.51. The molecule has 0 radical (unpaired) electrons. The molecule has 0 saturated heterocycles. The van der Waals surface area contributed by atoms with Crippen LogP contribution in [0.25, 0.3) is 0 Å². The highest BCUT2D eigenvalue weighted by atomic mass is 35.5. The number of anilines is 2. The van der Waals surface area contributed by atoms with Crippen molar-refractivity contribution in [3.8, 4) is 5.75 Å². The van der Waals surface area contributed by atoms with E-state index >= 15 is 0 Å². The van der Waals surface area contributed by atoms with Crippen LogP contribution in [0.15, 0.2) is 24.3 Å². The van der Waals surface area contributed by atoms with Crippen LogP contribution in [0.5, 0.6) is 5.75 Å². The van der Waals surface area contributed by atoms with E-state index in [9.17, 15) is 4.79 Å². The number of hydrogen-bond acceptors (Lipinski definition) is 6. The van der Waals surface area contributed by atoms with Gasteiger partial charge >= 0.3 is 5.97 Å². The normalized spacial score (nSPS) is 10.5. The van der Waals surface area contributed by atoms with E-state index in [1.807, 2.05) is 13.8 Å². The maximum absolute atomic E-state index is 11.7. The number of ether oxygens (including phenoxy) is 2. The topological polar surface area (TPSA) is 73.3 Å². The van der Waals surface area contributed by atoms with Gasteiger partial charge in [0.1, 0.15) is 22.5 Å². The van der Waals surface area contributed by atoms with E-state index < -0.39 is 5.97 Å². The van der Waals surface area contributed by atoms with Crippen molar-refractivity contribution in [1.82, 2.24) is 9.97 Å². The van der Waals surface area contributed by atoms with Crippen molar-refractivity contribution in [1.29, 1.82) is 0 Å². The van der Waals surface area contributed by atoms with Crippen molar-refractivity contribution in [2.45, 2.75) is 19.8 Å². The van der Waals surface area contributed by atoms with Crippen LogP contribution in [0.1, 0.15) is 35.9 Å². The van der Waals surface area contributed by atoms with Gasteiger partial charge in [0.25, 0.3) is 0 Å². The molecule has 2 aromatic rings. The maximum atomic E-state index is 11.7. The molecule has 1 aromatic heterocycles. The summed E-state index contributed by atoms with van der Waals surface area (Å²) < 4.78 is 10.0. The Morgan fingerprint density at radius 2 is 1.96 bits per heavy atom. The zero-order valence-electron chi connectivity index (χ0n) is 13.4. The average Bonchev–Trinajstić information content (AvgIpc) is 2.53. The summed E-state index contributed by atoms with van der Waals surface area (Å²) in [5, 5.41) is 3.45. The lowest BCUT2D eigenvalue weighted by Crippen LogP contribution is -2.05. The van der Waals surface area contributed by atoms with Crippen LogP contribution >= 0.6 is 11.6 Å². The standard InChI is InChI=1S/C16H18ClN3O3/c1-9(2)15-19-13(17)8-14(20-15)18-11-7-10(16(21)23-4)5-6-12(11)22-3/h5-9H,1-4H3,(H,18,19,20). The van der Waals surface area contributed by atoms with E-state index in [-0.39, 0.29) is 5.92 Å². The summed E-state index contributed by atoms with van der Waals surface area (Å²) in [4.78, 5) is 20.3. The second-order valence-electron chi connectivity index (χ2n) is 5.12. The molecule has 1 aromatic carbocycles. The van der Waals surface area contributed by atoms with Crippen molar-refractivity contribution in [3.63, 3.8) is 0 Å². The van der Waals surface area contributed by atoms with Crippen LogP contribution < -0.4 is 10.1 Å². The number of halogens is 1. The molecule has 7 heteroatoms. The Morgan fingerprint density at radius 3 is 2.57 bits per heavy atom. The van der Waals surface area contributed by atoms with Crippen molar-refractivity contribution in [3.05, 3.63) is 40.8 Å². The van der Waals surface area contributed by atoms with Gasteiger partial charge < -0.3 is 14.8 Å². The Hall–Kier alpha value is -2.34. The third-order valence-electron chi connectivity index (χ3n) is 3.11. The van der Waals surface area contributed by atoms with E-state index in [1.54, 1.807) is 31.4 Å². The first-order chi connectivity index (χ1) is 10.9. The minimum absolute atomic E-state index is 0.137. The molecule has 0 fully saturated rings. The second kappa shape index (κ2) is 7.28. The first kappa shape index (κ1) is 17.0. The van der Waals surface area contributed by atoms with E-state index in [1.165, 1.54) is 7.11 Å². The first-order valence-corrected chi connectivity index (χ1v) is 7.40. The molecule has 1 heterocycles. The molecule has 0 aliphatic carbocycles. The van der Waals surface area contributed by atoms with Crippen LogP contribution in [0.3, 0.4) is 0 Å². The lowest BCUT2D eigenvalue weighted by molar-refractivity contribution is 0.0601. The van der Waals surface area contributed by atoms with Crippen LogP contribution in [0.4, 0.5) is 11.5 Å². The summed E-state index contributed by atoms with van der Waals surface area (Å²) in [5.41, 5.74) is 0.986. The number of aromatic nitrogens is 2. The lowest BCUT2D eigenvalue weighted by Gasteiger charge is -2.13. The van der Waals surface area contributed by atoms with Gasteiger partial charge in [-0.1, -0.05) is 25.4 Å². The molecule has 0 aliphatic heterocycles. The molecule has 0 saturated carbocycles. The summed E-state index contributed by atoms with van der Waals surface area (Å²) in [6.07, 6.45) is 0. The molecular weight excluding hydrogens is 318 g/mol. The number of benzene rings is 1. The fraction of sp³-hybridized carbons (Fsp3) is 0.312. The van der Waals surface area contributed by atoms with Gasteiger partial charge in [-0.2, -0.15) is 0 Å². The van der Waals surface area contributed by atoms with Crippen molar-refractivity contribution in [2.24, 2.45) is 0 Å². The minimum Gasteiger partial charge on any atom is -0.495 e. The van der Waals surface area contributed by atoms with Gasteiger partial charge in [0, 0.05) is 12.0 Å². The Balaban J connectivity index is 2.40. The first-order valence-electron chi connectivity index (χ1n) is 7.02. The summed E-state index contributed by atoms with van der Waals surface area (Å²) in [5.74, 6) is 1.42. The molecule has 0 amide bonds. The van der Waals surface area contributed by atoms with Crippen LogP contribution in [0.2, 0.25) is 5.15 Å². The van der Waals surface area contributed by atoms with Crippen LogP contribution in [-0.4, -0.2) is 30.2 Å². The highest BCUT2D eigenvalue weighted by molar-refractivity contribution is 6.29. The predicted molar refractivity (Wildman–Crippen MR) is 88.7 cm³/mol. The minimum atomic E-state index is -0.431. The molecule has 1 N–H and O–H groups in total. The quantitative estimate of drug-likeness (QED) is 0.662. The summed E-state index contributed by atoms with van der Waals surface area (Å²) in [7, 11) is 2.88. The third kappa shape index (κ3) is 4.10. The number of carbonyl (C=O) groups excluding carboxylic acids is 1. The number of nitrogens with zero attached hydrogens (tertiary/aromatic N) is 2. The van der Waals surface area contributed by atoms with E-state index in [4.69, 9.17) is 21.1 Å². The molecule has 122 valence electrons. The number of carbonyl (C=O) groups is 1. The number of rotatable bonds is 5. The number of nitrogens with one attached hydrogen (secondary N) is 1. The van der Waals surface area contributed by atoms with Gasteiger partial charge in [0.05, 0.1) is 25.5 Å². The summed E-state index contributed by atoms with van der Waals surface area (Å²) in [6, 6.07) is 6.55. The number of methoxy groups -OCH3 is 2. The summed E-state index contributed by atoms with van der Waals surface area (Å²) >= 11 is 6.04. The molecule has 6 nitrogen and oxygen atoms in total. The van der Waals surface area contributed by atoms with Gasteiger partial charge in [-0.15, -0.1) is 0 Å². The van der Waals surface area contributed by atoms with Gasteiger partial charge in [-0.05, 0) is 18.2 Å². The summed E-state index contributed by atoms with van der Waals surface area (Å²) in [6.45, 7) is 3.96. The molecule has 0 bridgehead atoms. The number of hydrogen-bond donors (Lipinski definition) is 1. The lowest BCUT2D eigenvalue weighted by atomic mass is 10.2. The van der Waals surface area contributed by atoms with Crippen molar-refractivity contribution >= 4 is 29.1 Å². The van der Waals surface area contributed by atoms with E-state index in [2.05, 4.69) is 15.3 Å². The third-order valence-corrected chi connectivity index (χ3v) is 3.31. The van der Waals surface area contributed by atoms with Crippen LogP contribution in [-0.2, 0) is 4.74 Å². The zero-order chi connectivity index (χ0) is 17.0. The molecule has 0 spiro atoms. The highest BCUT2D eigenvalue weighted by Crippen LogP contribution is 2.29. The molecular formula is C16H18ClN3O3. The molecule has 2 rings (SSSR count). The van der Waals surface area contributed by atoms with Crippen LogP contribution in [0, 0.1) is 0 Å². The van der Waals surface area contributed by atoms with E-state index in [0.29, 0.717) is 33.8 Å². The predicted octanol–water partition coefficient (Wildman–Crippen LogP) is 3.79. The average molecular weight is 336 g/mol. The monoisotopic (exact) mass is 335 g/mol. The fourth-order valence-corrected chi connectivity index (χ4v) is 2.14. The van der Waals surface area contributed by atoms with Gasteiger partial charge in [-0.25, -0.2) is 14.8 Å². The van der Waals surface area contributed by atoms with Gasteiger partial charge in [-0.3, -0.25) is 0 Å².